The van der Waals surface area contributed by atoms with Crippen LogP contribution in [0.25, 0.3) is 0 Å². The second-order valence-corrected chi connectivity index (χ2v) is 10.2. The molecule has 0 radical (unpaired) electrons. The summed E-state index contributed by atoms with van der Waals surface area (Å²) in [5, 5.41) is 0.718. The number of nitrogens with zero attached hydrogens (tertiary/aromatic N) is 1. The number of sulfone groups is 1. The average molecular weight is 404 g/mol. The van der Waals surface area contributed by atoms with Crippen molar-refractivity contribution in [2.24, 2.45) is 0 Å². The van der Waals surface area contributed by atoms with E-state index in [2.05, 4.69) is 0 Å². The highest BCUT2D eigenvalue weighted by Crippen LogP contribution is 2.35. The van der Waals surface area contributed by atoms with E-state index in [-0.39, 0.29) is 29.4 Å². The van der Waals surface area contributed by atoms with E-state index in [1.165, 1.54) is 0 Å². The van der Waals surface area contributed by atoms with Crippen LogP contribution in [0.5, 0.6) is 0 Å². The third kappa shape index (κ3) is 4.32. The van der Waals surface area contributed by atoms with E-state index in [9.17, 15) is 13.2 Å². The van der Waals surface area contributed by atoms with Crippen LogP contribution >= 0.6 is 23.2 Å². The molecule has 7 heteroatoms. The molecule has 1 heterocycles. The Labute approximate surface area is 159 Å². The molecule has 1 aliphatic heterocycles. The summed E-state index contributed by atoms with van der Waals surface area (Å²) in [7, 11) is -3.17. The van der Waals surface area contributed by atoms with Crippen molar-refractivity contribution in [3.05, 3.63) is 33.8 Å². The number of hydrogen-bond donors (Lipinski definition) is 0. The van der Waals surface area contributed by atoms with Crippen LogP contribution in [0.1, 0.15) is 56.6 Å². The molecular weight excluding hydrogens is 381 g/mol. The van der Waals surface area contributed by atoms with Gasteiger partial charge in [0.1, 0.15) is 0 Å². The zero-order valence-corrected chi connectivity index (χ0v) is 16.4. The van der Waals surface area contributed by atoms with Crippen molar-refractivity contribution in [3.8, 4) is 0 Å². The van der Waals surface area contributed by atoms with Crippen molar-refractivity contribution < 1.29 is 13.2 Å². The first kappa shape index (κ1) is 19.0. The minimum absolute atomic E-state index is 0.0406. The molecule has 0 spiro atoms. The molecule has 3 rings (SSSR count). The van der Waals surface area contributed by atoms with Gasteiger partial charge in [-0.05, 0) is 43.4 Å². The molecule has 1 atom stereocenters. The molecule has 2 fully saturated rings. The number of amides is 1. The highest BCUT2D eigenvalue weighted by atomic mass is 35.5. The maximum absolute atomic E-state index is 12.6. The Morgan fingerprint density at radius 2 is 1.80 bits per heavy atom. The molecule has 2 aliphatic rings. The first-order valence-corrected chi connectivity index (χ1v) is 11.3. The first-order chi connectivity index (χ1) is 11.9. The highest BCUT2D eigenvalue weighted by Gasteiger charge is 2.33. The van der Waals surface area contributed by atoms with Gasteiger partial charge in [-0.3, -0.25) is 4.79 Å². The third-order valence-corrected chi connectivity index (χ3v) is 8.31. The Morgan fingerprint density at radius 3 is 2.48 bits per heavy atom. The highest BCUT2D eigenvalue weighted by molar-refractivity contribution is 7.92. The molecule has 4 nitrogen and oxygen atoms in total. The molecule has 1 unspecified atom stereocenters. The molecule has 0 aromatic heterocycles. The molecule has 0 bridgehead atoms. The van der Waals surface area contributed by atoms with Crippen molar-refractivity contribution in [2.45, 2.75) is 56.2 Å². The standard InChI is InChI=1S/C18H23Cl2NO3S/c19-15-8-7-13(12-16(15)20)17-6-3-10-21(17)18(22)9-11-25(23,24)14-4-1-2-5-14/h7-8,12,14,17H,1-6,9-11H2. The molecule has 0 N–H and O–H groups in total. The van der Waals surface area contributed by atoms with Gasteiger partial charge >= 0.3 is 0 Å². The summed E-state index contributed by atoms with van der Waals surface area (Å²) in [5.74, 6) is -0.128. The number of carbonyl (C=O) groups is 1. The third-order valence-electron chi connectivity index (χ3n) is 5.31. The minimum Gasteiger partial charge on any atom is -0.336 e. The lowest BCUT2D eigenvalue weighted by molar-refractivity contribution is -0.131. The summed E-state index contributed by atoms with van der Waals surface area (Å²) < 4.78 is 24.8. The first-order valence-electron chi connectivity index (χ1n) is 8.84. The largest absolute Gasteiger partial charge is 0.336 e. The average Bonchev–Trinajstić information content (AvgIpc) is 3.27. The van der Waals surface area contributed by atoms with Crippen LogP contribution in [0.3, 0.4) is 0 Å². The smallest absolute Gasteiger partial charge is 0.224 e. The SMILES string of the molecule is O=C(CCS(=O)(=O)C1CCCC1)N1CCCC1c1ccc(Cl)c(Cl)c1. The Balaban J connectivity index is 1.65. The number of likely N-dealkylation sites (tertiary alicyclic amines) is 1. The fourth-order valence-electron chi connectivity index (χ4n) is 3.92. The van der Waals surface area contributed by atoms with Crippen LogP contribution in [0, 0.1) is 0 Å². The van der Waals surface area contributed by atoms with Crippen molar-refractivity contribution in [3.63, 3.8) is 0 Å². The number of halogens is 2. The maximum atomic E-state index is 12.6. The van der Waals surface area contributed by atoms with Gasteiger partial charge in [-0.1, -0.05) is 42.1 Å². The lowest BCUT2D eigenvalue weighted by Gasteiger charge is -2.25. The maximum Gasteiger partial charge on any atom is 0.224 e. The van der Waals surface area contributed by atoms with Gasteiger partial charge in [0.15, 0.2) is 9.84 Å². The summed E-state index contributed by atoms with van der Waals surface area (Å²) >= 11 is 12.1. The summed E-state index contributed by atoms with van der Waals surface area (Å²) in [6, 6.07) is 5.39. The van der Waals surface area contributed by atoms with Gasteiger partial charge < -0.3 is 4.90 Å². The number of rotatable bonds is 5. The predicted molar refractivity (Wildman–Crippen MR) is 101 cm³/mol. The molecular formula is C18H23Cl2NO3S. The Hall–Kier alpha value is -0.780. The molecule has 1 aromatic carbocycles. The van der Waals surface area contributed by atoms with E-state index in [0.717, 1.165) is 44.1 Å². The lowest BCUT2D eigenvalue weighted by atomic mass is 10.0. The molecule has 25 heavy (non-hydrogen) atoms. The van der Waals surface area contributed by atoms with Crippen LogP contribution in [0.2, 0.25) is 10.0 Å². The van der Waals surface area contributed by atoms with Gasteiger partial charge in [0.25, 0.3) is 0 Å². The number of benzene rings is 1. The molecule has 138 valence electrons. The van der Waals surface area contributed by atoms with Gasteiger partial charge in [0, 0.05) is 13.0 Å². The van der Waals surface area contributed by atoms with Crippen LogP contribution < -0.4 is 0 Å². The second-order valence-electron chi connectivity index (χ2n) is 6.94. The predicted octanol–water partition coefficient (Wildman–Crippen LogP) is 4.40. The van der Waals surface area contributed by atoms with Gasteiger partial charge in [-0.15, -0.1) is 0 Å². The van der Waals surface area contributed by atoms with Crippen molar-refractivity contribution in [1.29, 1.82) is 0 Å². The molecule has 1 amide bonds. The van der Waals surface area contributed by atoms with Crippen LogP contribution in [0.15, 0.2) is 18.2 Å². The molecule has 1 saturated carbocycles. The monoisotopic (exact) mass is 403 g/mol. The van der Waals surface area contributed by atoms with E-state index in [0.29, 0.717) is 16.6 Å². The molecule has 1 aliphatic carbocycles. The Morgan fingerprint density at radius 1 is 1.08 bits per heavy atom. The Bertz CT molecular complexity index is 745. The van der Waals surface area contributed by atoms with Crippen LogP contribution in [-0.4, -0.2) is 36.8 Å². The van der Waals surface area contributed by atoms with Gasteiger partial charge in [0.05, 0.1) is 27.1 Å². The number of carbonyl (C=O) groups excluding carboxylic acids is 1. The topological polar surface area (TPSA) is 54.5 Å². The minimum atomic E-state index is -3.17. The molecule has 1 aromatic rings. The normalized spacial score (nSPS) is 21.8. The van der Waals surface area contributed by atoms with Crippen molar-refractivity contribution >= 4 is 38.9 Å². The summed E-state index contributed by atoms with van der Waals surface area (Å²) in [6.45, 7) is 0.660. The number of hydrogen-bond acceptors (Lipinski definition) is 3. The van der Waals surface area contributed by atoms with E-state index >= 15 is 0 Å². The fraction of sp³-hybridized carbons (Fsp3) is 0.611. The zero-order valence-electron chi connectivity index (χ0n) is 14.1. The van der Waals surface area contributed by atoms with Gasteiger partial charge in [-0.25, -0.2) is 8.42 Å². The van der Waals surface area contributed by atoms with Crippen molar-refractivity contribution in [1.82, 2.24) is 4.90 Å². The van der Waals surface area contributed by atoms with Crippen LogP contribution in [0.4, 0.5) is 0 Å². The summed E-state index contributed by atoms with van der Waals surface area (Å²) in [4.78, 5) is 14.4. The Kier molecular flexibility index (Phi) is 5.96. The second kappa shape index (κ2) is 7.85. The summed E-state index contributed by atoms with van der Waals surface area (Å²) in [5.41, 5.74) is 0.957. The van der Waals surface area contributed by atoms with Crippen molar-refractivity contribution in [2.75, 3.05) is 12.3 Å². The quantitative estimate of drug-likeness (QED) is 0.731. The van der Waals surface area contributed by atoms with Gasteiger partial charge in [0.2, 0.25) is 5.91 Å². The van der Waals surface area contributed by atoms with E-state index < -0.39 is 9.84 Å². The van der Waals surface area contributed by atoms with Gasteiger partial charge in [-0.2, -0.15) is 0 Å². The zero-order chi connectivity index (χ0) is 18.0. The fourth-order valence-corrected chi connectivity index (χ4v) is 6.07. The van der Waals surface area contributed by atoms with Crippen LogP contribution in [-0.2, 0) is 14.6 Å². The van der Waals surface area contributed by atoms with E-state index in [1.54, 1.807) is 17.0 Å². The van der Waals surface area contributed by atoms with E-state index in [4.69, 9.17) is 23.2 Å². The summed E-state index contributed by atoms with van der Waals surface area (Å²) in [6.07, 6.45) is 5.27. The molecule has 1 saturated heterocycles. The lowest BCUT2D eigenvalue weighted by Crippen LogP contribution is -2.33. The van der Waals surface area contributed by atoms with E-state index in [1.807, 2.05) is 6.07 Å².